The van der Waals surface area contributed by atoms with E-state index < -0.39 is 60.1 Å². The highest BCUT2D eigenvalue weighted by atomic mass is 16.6. The van der Waals surface area contributed by atoms with Gasteiger partial charge in [-0.15, -0.1) is 6.42 Å². The highest BCUT2D eigenvalue weighted by Gasteiger charge is 2.37. The predicted molar refractivity (Wildman–Crippen MR) is 404 cm³/mol. The van der Waals surface area contributed by atoms with Gasteiger partial charge >= 0.3 is 18.3 Å². The van der Waals surface area contributed by atoms with Crippen molar-refractivity contribution in [1.82, 2.24) is 16.0 Å². The second kappa shape index (κ2) is 45.9. The molecule has 0 aliphatic rings. The Balaban J connectivity index is 1.72. The molecule has 0 aromatic heterocycles. The standard InChI is InChI=1S/C93H55N3O6/c1-14-15-16-17-18-19-20-21-22-23-24-25-26-27-28-29-30-31-32-33-34-35-36-37-38-39-40-41-42-43-44-45-46-47-48-49-50-51-52-53-54-55-56-57-58-59-60-61-71-93(75-100-87(97)94-90(8,9)84-68-62-65-81(72-84)78(2)3,76-101-88(98)95-91(10,11)85-69-63-66-82(73-85)79(4)5)77-102-89(99)96-92(12,13)86-70-64-67-83(74-86)80(6)7/h1,62-70,72-74H,2,4,6,75-77H2,3,5,7-13H3,(H,94,97)(H,95,98)(H,96,99). The second-order valence-electron chi connectivity index (χ2n) is 21.5. The topological polar surface area (TPSA) is 115 Å². The van der Waals surface area contributed by atoms with Crippen molar-refractivity contribution < 1.29 is 28.6 Å². The quantitative estimate of drug-likeness (QED) is 0.103. The average molecular weight is 1310 g/mol. The molecule has 0 atom stereocenters. The zero-order valence-electron chi connectivity index (χ0n) is 57.2. The summed E-state index contributed by atoms with van der Waals surface area (Å²) in [5, 5.41) is 8.72. The Labute approximate surface area is 602 Å². The Morgan fingerprint density at radius 1 is 0.314 bits per heavy atom. The van der Waals surface area contributed by atoms with E-state index in [1.165, 1.54) is 0 Å². The maximum Gasteiger partial charge on any atom is 0.407 e. The van der Waals surface area contributed by atoms with Crippen molar-refractivity contribution in [2.45, 2.75) is 78.9 Å². The number of rotatable bonds is 15. The lowest BCUT2D eigenvalue weighted by Crippen LogP contribution is -2.47. The van der Waals surface area contributed by atoms with Crippen molar-refractivity contribution >= 4 is 35.0 Å². The van der Waals surface area contributed by atoms with Gasteiger partial charge in [0.25, 0.3) is 0 Å². The summed E-state index contributed by atoms with van der Waals surface area (Å²) in [5.41, 5.74) is 2.98. The maximum absolute atomic E-state index is 13.8. The maximum atomic E-state index is 13.8. The minimum atomic E-state index is -1.72. The van der Waals surface area contributed by atoms with E-state index in [1.807, 2.05) is 135 Å². The van der Waals surface area contributed by atoms with Crippen LogP contribution in [0.5, 0.6) is 0 Å². The molecule has 3 rings (SSSR count). The smallest absolute Gasteiger partial charge is 0.407 e. The first-order chi connectivity index (χ1) is 49.1. The van der Waals surface area contributed by atoms with E-state index in [-0.39, 0.29) is 0 Å². The first kappa shape index (κ1) is 79.9. The van der Waals surface area contributed by atoms with Crippen LogP contribution in [0.3, 0.4) is 0 Å². The fourth-order valence-electron chi connectivity index (χ4n) is 7.06. The van der Waals surface area contributed by atoms with Crippen LogP contribution in [0.1, 0.15) is 95.7 Å². The van der Waals surface area contributed by atoms with Crippen molar-refractivity contribution in [3.05, 3.63) is 126 Å². The Morgan fingerprint density at radius 2 is 0.490 bits per heavy atom. The van der Waals surface area contributed by atoms with Gasteiger partial charge in [0.15, 0.2) is 0 Å². The summed E-state index contributed by atoms with van der Waals surface area (Å²) in [7, 11) is 0. The third kappa shape index (κ3) is 35.1. The number of hydrogen-bond acceptors (Lipinski definition) is 6. The highest BCUT2D eigenvalue weighted by Crippen LogP contribution is 2.28. The Hall–Kier alpha value is -16.3. The van der Waals surface area contributed by atoms with Crippen LogP contribution in [-0.2, 0) is 30.8 Å². The lowest BCUT2D eigenvalue weighted by atomic mass is 9.91. The molecule has 0 radical (unpaired) electrons. The molecule has 3 aromatic rings. The molecule has 0 aliphatic carbocycles. The lowest BCUT2D eigenvalue weighted by molar-refractivity contribution is 0.0130. The van der Waals surface area contributed by atoms with Crippen LogP contribution >= 0.6 is 0 Å². The van der Waals surface area contributed by atoms with E-state index in [1.54, 1.807) is 0 Å². The van der Waals surface area contributed by atoms with Gasteiger partial charge in [-0.1, -0.05) is 97.0 Å². The van der Waals surface area contributed by atoms with Crippen LogP contribution in [0.2, 0.25) is 0 Å². The third-order valence-corrected chi connectivity index (χ3v) is 12.2. The number of carbonyl (C=O) groups excluding carboxylic acids is 3. The van der Waals surface area contributed by atoms with E-state index >= 15 is 0 Å². The van der Waals surface area contributed by atoms with Gasteiger partial charge in [-0.25, -0.2) is 14.4 Å². The van der Waals surface area contributed by atoms with Gasteiger partial charge in [0.05, 0.1) is 16.6 Å². The summed E-state index contributed by atoms with van der Waals surface area (Å²) in [4.78, 5) is 41.4. The Kier molecular flexibility index (Phi) is 36.0. The molecule has 0 spiro atoms. The Bertz CT molecular complexity index is 5440. The van der Waals surface area contributed by atoms with E-state index in [0.29, 0.717) is 0 Å². The number of alkyl carbamates (subject to hydrolysis) is 3. The first-order valence-electron chi connectivity index (χ1n) is 29.7. The number of carbonyl (C=O) groups is 3. The molecule has 0 aliphatic heterocycles. The molecule has 478 valence electrons. The fraction of sp³-hybridized carbons (Fsp3) is 0.172. The van der Waals surface area contributed by atoms with E-state index in [0.717, 1.165) is 50.1 Å². The van der Waals surface area contributed by atoms with Crippen molar-refractivity contribution in [2.75, 3.05) is 19.8 Å². The zero-order valence-corrected chi connectivity index (χ0v) is 57.2. The van der Waals surface area contributed by atoms with Gasteiger partial charge < -0.3 is 30.2 Å². The van der Waals surface area contributed by atoms with Gasteiger partial charge in [-0.3, -0.25) is 0 Å². The van der Waals surface area contributed by atoms with Gasteiger partial charge in [0, 0.05) is 189 Å². The van der Waals surface area contributed by atoms with Crippen molar-refractivity contribution in [3.8, 4) is 297 Å². The number of ether oxygens (including phenoxy) is 3. The molecular formula is C93H55N3O6. The van der Waals surface area contributed by atoms with Crippen LogP contribution in [-0.4, -0.2) is 38.1 Å². The third-order valence-electron chi connectivity index (χ3n) is 12.2. The highest BCUT2D eigenvalue weighted by molar-refractivity contribution is 5.72. The number of nitrogens with one attached hydrogen (secondary N) is 3. The molecule has 102 heavy (non-hydrogen) atoms. The molecule has 0 bridgehead atoms. The van der Waals surface area contributed by atoms with Gasteiger partial charge in [0.1, 0.15) is 25.2 Å². The molecule has 3 amide bonds. The molecule has 9 nitrogen and oxygen atoms in total. The second-order valence-corrected chi connectivity index (χ2v) is 21.5. The van der Waals surface area contributed by atoms with Crippen LogP contribution in [0, 0.1) is 302 Å². The average Bonchev–Trinajstić information content (AvgIpc) is 0.835. The van der Waals surface area contributed by atoms with Crippen LogP contribution in [0.4, 0.5) is 14.4 Å². The number of hydrogen-bond donors (Lipinski definition) is 3. The number of terminal acetylenes is 1. The van der Waals surface area contributed by atoms with Gasteiger partial charge in [-0.2, -0.15) is 0 Å². The minimum absolute atomic E-state index is 0.548. The SMILES string of the molecule is C#CC#CC#CC#CC#CC#CC#CC#CC#CC#CC#CC#CC#CC#CC#CC#CC#CC#CC#CC#CC#CC#CC#CC#CC#CC(COC(=O)NC(C)(C)c1cccc(C(=C)C)c1)(COC(=O)NC(C)(C)c1cccc(C(=C)C)c1)COC(=O)NC(C)(C)c1cccc(C(=C)C)c1. The zero-order chi connectivity index (χ0) is 74.4. The summed E-state index contributed by atoms with van der Waals surface area (Å²) in [5.74, 6) is 123. The summed E-state index contributed by atoms with van der Waals surface area (Å²) in [6, 6.07) is 22.7. The minimum Gasteiger partial charge on any atom is -0.448 e. The fourth-order valence-corrected chi connectivity index (χ4v) is 7.06. The molecule has 0 saturated heterocycles. The molecule has 0 heterocycles. The number of benzene rings is 3. The normalized spacial score (nSPS) is 8.08. The predicted octanol–water partition coefficient (Wildman–Crippen LogP) is 9.77. The van der Waals surface area contributed by atoms with Crippen molar-refractivity contribution in [3.63, 3.8) is 0 Å². The van der Waals surface area contributed by atoms with E-state index in [4.69, 9.17) is 20.6 Å². The molecule has 9 heteroatoms. The largest absolute Gasteiger partial charge is 0.448 e. The van der Waals surface area contributed by atoms with Crippen molar-refractivity contribution in [2.24, 2.45) is 5.41 Å². The first-order valence-corrected chi connectivity index (χ1v) is 29.7. The molecule has 0 fully saturated rings. The summed E-state index contributed by atoms with van der Waals surface area (Å²) >= 11 is 0. The number of allylic oxidation sites excluding steroid dienone is 3. The Morgan fingerprint density at radius 3 is 0.667 bits per heavy atom. The molecule has 0 saturated carbocycles. The van der Waals surface area contributed by atoms with Crippen molar-refractivity contribution in [1.29, 1.82) is 0 Å². The monoisotopic (exact) mass is 1310 g/mol. The summed E-state index contributed by atoms with van der Waals surface area (Å²) < 4.78 is 17.6. The summed E-state index contributed by atoms with van der Waals surface area (Å²) in [6.07, 6.45) is 2.43. The number of amides is 3. The van der Waals surface area contributed by atoms with E-state index in [2.05, 4.69) is 326 Å². The summed E-state index contributed by atoms with van der Waals surface area (Å²) in [6.45, 7) is 27.0. The van der Waals surface area contributed by atoms with Crippen LogP contribution in [0.15, 0.2) is 92.5 Å². The molecular weight excluding hydrogens is 1260 g/mol. The van der Waals surface area contributed by atoms with Gasteiger partial charge in [-0.05, 0) is 209 Å². The molecule has 3 N–H and O–H groups in total. The lowest BCUT2D eigenvalue weighted by Gasteiger charge is -2.32. The van der Waals surface area contributed by atoms with Crippen LogP contribution < -0.4 is 16.0 Å². The van der Waals surface area contributed by atoms with Gasteiger partial charge in [0.2, 0.25) is 0 Å². The van der Waals surface area contributed by atoms with Crippen LogP contribution in [0.25, 0.3) is 16.7 Å². The molecule has 0 unspecified atom stereocenters. The van der Waals surface area contributed by atoms with E-state index in [9.17, 15) is 14.4 Å². The molecule has 3 aromatic carbocycles.